The highest BCUT2D eigenvalue weighted by molar-refractivity contribution is 6.46. The van der Waals surface area contributed by atoms with Gasteiger partial charge in [0.1, 0.15) is 23.9 Å². The van der Waals surface area contributed by atoms with Crippen molar-refractivity contribution in [3.05, 3.63) is 77.4 Å². The molecule has 0 radical (unpaired) electrons. The summed E-state index contributed by atoms with van der Waals surface area (Å²) in [5.74, 6) is -0.135. The van der Waals surface area contributed by atoms with Crippen LogP contribution in [0.5, 0.6) is 11.5 Å². The molecule has 1 saturated heterocycles. The van der Waals surface area contributed by atoms with Crippen LogP contribution in [0.4, 0.5) is 0 Å². The molecule has 1 aliphatic rings. The van der Waals surface area contributed by atoms with E-state index in [9.17, 15) is 14.7 Å². The van der Waals surface area contributed by atoms with Crippen molar-refractivity contribution in [2.45, 2.75) is 26.3 Å². The Morgan fingerprint density at radius 3 is 2.46 bits per heavy atom. The van der Waals surface area contributed by atoms with Crippen LogP contribution in [0.3, 0.4) is 0 Å². The highest BCUT2D eigenvalue weighted by Gasteiger charge is 2.45. The van der Waals surface area contributed by atoms with E-state index in [1.165, 1.54) is 4.90 Å². The Morgan fingerprint density at radius 2 is 1.86 bits per heavy atom. The maximum absolute atomic E-state index is 13.2. The Morgan fingerprint density at radius 1 is 1.14 bits per heavy atom. The number of carbonyl (C=O) groups is 2. The maximum Gasteiger partial charge on any atom is 0.295 e. The van der Waals surface area contributed by atoms with Crippen LogP contribution in [0.25, 0.3) is 5.76 Å². The van der Waals surface area contributed by atoms with Gasteiger partial charge in [-0.25, -0.2) is 0 Å². The molecule has 0 saturated carbocycles. The largest absolute Gasteiger partial charge is 0.507 e. The predicted molar refractivity (Wildman–Crippen MR) is 137 cm³/mol. The van der Waals surface area contributed by atoms with Gasteiger partial charge in [-0.2, -0.15) is 0 Å². The Bertz CT molecular complexity index is 1100. The molecule has 1 amide bonds. The average Bonchev–Trinajstić information content (AvgIpc) is 3.10. The highest BCUT2D eigenvalue weighted by atomic mass is 16.5. The van der Waals surface area contributed by atoms with Gasteiger partial charge in [-0.15, -0.1) is 0 Å². The van der Waals surface area contributed by atoms with Crippen molar-refractivity contribution in [2.75, 3.05) is 40.4 Å². The van der Waals surface area contributed by atoms with E-state index in [1.807, 2.05) is 45.0 Å². The van der Waals surface area contributed by atoms with E-state index in [1.54, 1.807) is 36.4 Å². The molecule has 7 heteroatoms. The average molecular weight is 479 g/mol. The number of aliphatic hydroxyl groups excluding tert-OH is 1. The van der Waals surface area contributed by atoms with Gasteiger partial charge in [0.15, 0.2) is 0 Å². The minimum atomic E-state index is -0.709. The molecule has 2 aromatic rings. The molecule has 0 aliphatic carbocycles. The van der Waals surface area contributed by atoms with Crippen LogP contribution >= 0.6 is 0 Å². The fraction of sp³-hybridized carbons (Fsp3) is 0.357. The van der Waals surface area contributed by atoms with Crippen LogP contribution in [0.1, 0.15) is 36.1 Å². The summed E-state index contributed by atoms with van der Waals surface area (Å²) in [6, 6.07) is 11.8. The van der Waals surface area contributed by atoms with Crippen molar-refractivity contribution in [2.24, 2.45) is 0 Å². The number of carbonyl (C=O) groups excluding carboxylic acids is 2. The molecule has 1 unspecified atom stereocenters. The molecular formula is C28H34N2O5. The molecule has 186 valence electrons. The third kappa shape index (κ3) is 5.92. The normalized spacial score (nSPS) is 17.2. The summed E-state index contributed by atoms with van der Waals surface area (Å²) in [7, 11) is 3.81. The van der Waals surface area contributed by atoms with Gasteiger partial charge in [0.2, 0.25) is 0 Å². The van der Waals surface area contributed by atoms with E-state index >= 15 is 0 Å². The van der Waals surface area contributed by atoms with E-state index in [0.717, 1.165) is 23.3 Å². The number of benzene rings is 2. The number of amides is 1. The fourth-order valence-electron chi connectivity index (χ4n) is 3.99. The molecule has 0 bridgehead atoms. The summed E-state index contributed by atoms with van der Waals surface area (Å²) in [6.45, 7) is 9.45. The lowest BCUT2D eigenvalue weighted by atomic mass is 9.94. The molecule has 1 heterocycles. The predicted octanol–water partition coefficient (Wildman–Crippen LogP) is 4.33. The molecule has 0 spiro atoms. The summed E-state index contributed by atoms with van der Waals surface area (Å²) < 4.78 is 11.3. The van der Waals surface area contributed by atoms with E-state index in [2.05, 4.69) is 6.58 Å². The van der Waals surface area contributed by atoms with Gasteiger partial charge in [0.25, 0.3) is 11.7 Å². The molecule has 7 nitrogen and oxygen atoms in total. The lowest BCUT2D eigenvalue weighted by Gasteiger charge is -2.26. The number of nitrogens with zero attached hydrogens (tertiary/aromatic N) is 2. The van der Waals surface area contributed by atoms with Crippen molar-refractivity contribution < 1.29 is 24.2 Å². The zero-order valence-electron chi connectivity index (χ0n) is 20.9. The third-order valence-corrected chi connectivity index (χ3v) is 5.80. The van der Waals surface area contributed by atoms with Crippen molar-refractivity contribution >= 4 is 17.4 Å². The van der Waals surface area contributed by atoms with Crippen molar-refractivity contribution in [1.29, 1.82) is 0 Å². The Labute approximate surface area is 207 Å². The standard InChI is InChI=1S/C28H34N2O5/c1-6-16-34-22-11-8-20(9-12-22)25-24(27(32)28(33)30(25)15-14-29(4)5)26(31)21-10-13-23(19(3)18-21)35-17-7-2/h6,8-13,18,25,31H,1,7,14-17H2,2-5H3/b26-24-. The van der Waals surface area contributed by atoms with E-state index < -0.39 is 17.7 Å². The number of likely N-dealkylation sites (tertiary alicyclic amines) is 1. The number of rotatable bonds is 11. The van der Waals surface area contributed by atoms with E-state index in [0.29, 0.717) is 37.6 Å². The second kappa shape index (κ2) is 11.7. The molecule has 1 N–H and O–H groups in total. The third-order valence-electron chi connectivity index (χ3n) is 5.80. The molecule has 1 aliphatic heterocycles. The molecule has 1 atom stereocenters. The number of aliphatic hydroxyl groups is 1. The SMILES string of the molecule is C=CCOc1ccc(C2/C(=C(/O)c3ccc(OCCC)c(C)c3)C(=O)C(=O)N2CCN(C)C)cc1. The van der Waals surface area contributed by atoms with Gasteiger partial charge in [-0.3, -0.25) is 9.59 Å². The van der Waals surface area contributed by atoms with Gasteiger partial charge in [0.05, 0.1) is 18.2 Å². The second-order valence-electron chi connectivity index (χ2n) is 8.79. The summed E-state index contributed by atoms with van der Waals surface area (Å²) in [6.07, 6.45) is 2.54. The monoisotopic (exact) mass is 478 g/mol. The zero-order chi connectivity index (χ0) is 25.5. The molecule has 35 heavy (non-hydrogen) atoms. The summed E-state index contributed by atoms with van der Waals surface area (Å²) >= 11 is 0. The Kier molecular flexibility index (Phi) is 8.71. The zero-order valence-corrected chi connectivity index (χ0v) is 20.9. The number of hydrogen-bond acceptors (Lipinski definition) is 6. The van der Waals surface area contributed by atoms with E-state index in [4.69, 9.17) is 9.47 Å². The first-order valence-electron chi connectivity index (χ1n) is 11.8. The fourth-order valence-corrected chi connectivity index (χ4v) is 3.99. The lowest BCUT2D eigenvalue weighted by molar-refractivity contribution is -0.140. The van der Waals surface area contributed by atoms with Gasteiger partial charge in [-0.05, 0) is 68.9 Å². The van der Waals surface area contributed by atoms with Gasteiger partial charge in [0, 0.05) is 18.7 Å². The molecule has 3 rings (SSSR count). The quantitative estimate of drug-likeness (QED) is 0.224. The van der Waals surface area contributed by atoms with Crippen LogP contribution in [0, 0.1) is 6.92 Å². The number of likely N-dealkylation sites (N-methyl/N-ethyl adjacent to an activating group) is 1. The van der Waals surface area contributed by atoms with Crippen LogP contribution in [0.2, 0.25) is 0 Å². The Hall–Kier alpha value is -3.58. The van der Waals surface area contributed by atoms with Gasteiger partial charge in [-0.1, -0.05) is 31.7 Å². The Balaban J connectivity index is 2.06. The van der Waals surface area contributed by atoms with Crippen molar-refractivity contribution in [3.8, 4) is 11.5 Å². The summed E-state index contributed by atoms with van der Waals surface area (Å²) in [5.41, 5.74) is 2.10. The number of ether oxygens (including phenoxy) is 2. The van der Waals surface area contributed by atoms with Crippen molar-refractivity contribution in [1.82, 2.24) is 9.80 Å². The topological polar surface area (TPSA) is 79.3 Å². The number of ketones is 1. The van der Waals surface area contributed by atoms with Gasteiger partial charge >= 0.3 is 0 Å². The molecule has 0 aromatic heterocycles. The van der Waals surface area contributed by atoms with Crippen molar-refractivity contribution in [3.63, 3.8) is 0 Å². The minimum absolute atomic E-state index is 0.0788. The first-order chi connectivity index (χ1) is 16.8. The van der Waals surface area contributed by atoms with Gasteiger partial charge < -0.3 is 24.4 Å². The maximum atomic E-state index is 13.2. The first kappa shape index (κ1) is 26.0. The van der Waals surface area contributed by atoms with Crippen LogP contribution in [-0.4, -0.2) is 67.0 Å². The summed E-state index contributed by atoms with van der Waals surface area (Å²) in [5, 5.41) is 11.3. The molecule has 2 aromatic carbocycles. The second-order valence-corrected chi connectivity index (χ2v) is 8.79. The summed E-state index contributed by atoms with van der Waals surface area (Å²) in [4.78, 5) is 29.7. The molecule has 1 fully saturated rings. The lowest BCUT2D eigenvalue weighted by Crippen LogP contribution is -2.35. The first-order valence-corrected chi connectivity index (χ1v) is 11.8. The van der Waals surface area contributed by atoms with Crippen LogP contribution < -0.4 is 9.47 Å². The minimum Gasteiger partial charge on any atom is -0.507 e. The van der Waals surface area contributed by atoms with E-state index in [-0.39, 0.29) is 11.3 Å². The molecular weight excluding hydrogens is 444 g/mol. The highest BCUT2D eigenvalue weighted by Crippen LogP contribution is 2.40. The number of Topliss-reactive ketones (excluding diaryl/α,β-unsaturated/α-hetero) is 1. The number of hydrogen-bond donors (Lipinski definition) is 1. The smallest absolute Gasteiger partial charge is 0.295 e. The number of aryl methyl sites for hydroxylation is 1. The van der Waals surface area contributed by atoms with Crippen LogP contribution in [0.15, 0.2) is 60.7 Å². The van der Waals surface area contributed by atoms with Crippen LogP contribution in [-0.2, 0) is 9.59 Å².